The maximum atomic E-state index is 5.71. The van der Waals surface area contributed by atoms with E-state index >= 15 is 0 Å². The van der Waals surface area contributed by atoms with Crippen LogP contribution in [0.1, 0.15) is 37.4 Å². The quantitative estimate of drug-likeness (QED) is 0.872. The molecule has 3 heteroatoms. The first-order valence-electron chi connectivity index (χ1n) is 6.65. The van der Waals surface area contributed by atoms with Crippen LogP contribution < -0.4 is 10.6 Å². The fourth-order valence-electron chi connectivity index (χ4n) is 2.57. The molecule has 2 N–H and O–H groups in total. The molecular formula is C14H23N3. The van der Waals surface area contributed by atoms with Crippen molar-refractivity contribution in [2.24, 2.45) is 11.7 Å². The molecule has 1 fully saturated rings. The molecule has 3 nitrogen and oxygen atoms in total. The molecule has 0 unspecified atom stereocenters. The number of aryl methyl sites for hydroxylation is 1. The van der Waals surface area contributed by atoms with Gasteiger partial charge in [-0.3, -0.25) is 0 Å². The van der Waals surface area contributed by atoms with Crippen LogP contribution in [0.3, 0.4) is 0 Å². The molecule has 0 aliphatic carbocycles. The summed E-state index contributed by atoms with van der Waals surface area (Å²) in [5.41, 5.74) is 7.97. The highest BCUT2D eigenvalue weighted by Crippen LogP contribution is 2.24. The highest BCUT2D eigenvalue weighted by molar-refractivity contribution is 5.43. The first kappa shape index (κ1) is 12.4. The Morgan fingerprint density at radius 3 is 2.65 bits per heavy atom. The minimum Gasteiger partial charge on any atom is -0.357 e. The van der Waals surface area contributed by atoms with E-state index < -0.39 is 0 Å². The lowest BCUT2D eigenvalue weighted by molar-refractivity contribution is 0.393. The van der Waals surface area contributed by atoms with Crippen molar-refractivity contribution in [1.29, 1.82) is 0 Å². The zero-order valence-corrected chi connectivity index (χ0v) is 10.9. The second-order valence-corrected chi connectivity index (χ2v) is 5.02. The van der Waals surface area contributed by atoms with Crippen LogP contribution in [-0.2, 0) is 6.54 Å². The van der Waals surface area contributed by atoms with Gasteiger partial charge in [0.25, 0.3) is 0 Å². The summed E-state index contributed by atoms with van der Waals surface area (Å²) in [5.74, 6) is 2.02. The van der Waals surface area contributed by atoms with Gasteiger partial charge in [-0.05, 0) is 43.4 Å². The Morgan fingerprint density at radius 2 is 2.06 bits per heavy atom. The van der Waals surface area contributed by atoms with Gasteiger partial charge in [-0.2, -0.15) is 0 Å². The number of nitrogens with two attached hydrogens (primary N) is 1. The van der Waals surface area contributed by atoms with Gasteiger partial charge in [0.2, 0.25) is 0 Å². The summed E-state index contributed by atoms with van der Waals surface area (Å²) in [6, 6.07) is 4.21. The summed E-state index contributed by atoms with van der Waals surface area (Å²) >= 11 is 0. The standard InChI is InChI=1S/C14H23N3/c1-3-12-4-6-17(7-5-12)14-9-13(10-15)8-11(2)16-14/h8-9,12H,3-7,10,15H2,1-2H3. The molecular weight excluding hydrogens is 210 g/mol. The lowest BCUT2D eigenvalue weighted by Gasteiger charge is -2.32. The van der Waals surface area contributed by atoms with Crippen LogP contribution in [0.2, 0.25) is 0 Å². The van der Waals surface area contributed by atoms with E-state index in [1.54, 1.807) is 0 Å². The number of rotatable bonds is 3. The molecule has 1 aromatic rings. The van der Waals surface area contributed by atoms with Gasteiger partial charge in [0.15, 0.2) is 0 Å². The van der Waals surface area contributed by atoms with Gasteiger partial charge in [0, 0.05) is 25.3 Å². The molecule has 0 radical (unpaired) electrons. The predicted molar refractivity (Wildman–Crippen MR) is 72.1 cm³/mol. The molecule has 2 heterocycles. The predicted octanol–water partition coefficient (Wildman–Crippen LogP) is 2.48. The first-order valence-corrected chi connectivity index (χ1v) is 6.65. The van der Waals surface area contributed by atoms with E-state index in [1.807, 2.05) is 6.92 Å². The molecule has 0 saturated carbocycles. The van der Waals surface area contributed by atoms with Crippen LogP contribution in [0.5, 0.6) is 0 Å². The van der Waals surface area contributed by atoms with Crippen LogP contribution in [0.15, 0.2) is 12.1 Å². The van der Waals surface area contributed by atoms with E-state index in [4.69, 9.17) is 5.73 Å². The molecule has 0 amide bonds. The van der Waals surface area contributed by atoms with Gasteiger partial charge >= 0.3 is 0 Å². The number of piperidine rings is 1. The molecule has 1 aromatic heterocycles. The molecule has 1 saturated heterocycles. The lowest BCUT2D eigenvalue weighted by Crippen LogP contribution is -2.34. The van der Waals surface area contributed by atoms with Crippen molar-refractivity contribution >= 4 is 5.82 Å². The third-order valence-corrected chi connectivity index (χ3v) is 3.75. The normalized spacial score (nSPS) is 17.5. The molecule has 0 atom stereocenters. The minimum absolute atomic E-state index is 0.599. The van der Waals surface area contributed by atoms with Crippen molar-refractivity contribution < 1.29 is 0 Å². The zero-order valence-electron chi connectivity index (χ0n) is 10.9. The van der Waals surface area contributed by atoms with E-state index in [9.17, 15) is 0 Å². The van der Waals surface area contributed by atoms with Gasteiger partial charge in [0.1, 0.15) is 5.82 Å². The summed E-state index contributed by atoms with van der Waals surface area (Å²) in [5, 5.41) is 0. The summed E-state index contributed by atoms with van der Waals surface area (Å²) in [6.07, 6.45) is 3.90. The Kier molecular flexibility index (Phi) is 4.00. The Bertz CT molecular complexity index is 368. The lowest BCUT2D eigenvalue weighted by atomic mass is 9.94. The zero-order chi connectivity index (χ0) is 12.3. The second kappa shape index (κ2) is 5.50. The number of anilines is 1. The molecule has 0 bridgehead atoms. The molecule has 17 heavy (non-hydrogen) atoms. The van der Waals surface area contributed by atoms with Crippen LogP contribution in [0.25, 0.3) is 0 Å². The van der Waals surface area contributed by atoms with E-state index in [-0.39, 0.29) is 0 Å². The molecule has 2 rings (SSSR count). The molecule has 1 aliphatic heterocycles. The summed E-state index contributed by atoms with van der Waals surface area (Å²) < 4.78 is 0. The molecule has 0 spiro atoms. The van der Waals surface area contributed by atoms with E-state index in [1.165, 1.54) is 24.8 Å². The Morgan fingerprint density at radius 1 is 1.35 bits per heavy atom. The monoisotopic (exact) mass is 233 g/mol. The van der Waals surface area contributed by atoms with Gasteiger partial charge in [-0.1, -0.05) is 13.3 Å². The minimum atomic E-state index is 0.599. The smallest absolute Gasteiger partial charge is 0.129 e. The molecule has 0 aromatic carbocycles. The van der Waals surface area contributed by atoms with Gasteiger partial charge in [-0.25, -0.2) is 4.98 Å². The van der Waals surface area contributed by atoms with Gasteiger partial charge < -0.3 is 10.6 Å². The second-order valence-electron chi connectivity index (χ2n) is 5.02. The van der Waals surface area contributed by atoms with Crippen LogP contribution >= 0.6 is 0 Å². The van der Waals surface area contributed by atoms with E-state index in [2.05, 4.69) is 28.9 Å². The summed E-state index contributed by atoms with van der Waals surface area (Å²) in [7, 11) is 0. The first-order chi connectivity index (χ1) is 8.22. The Balaban J connectivity index is 2.10. The Labute approximate surface area is 104 Å². The van der Waals surface area contributed by atoms with Crippen LogP contribution in [0.4, 0.5) is 5.82 Å². The van der Waals surface area contributed by atoms with Crippen molar-refractivity contribution in [3.8, 4) is 0 Å². The number of nitrogens with zero attached hydrogens (tertiary/aromatic N) is 2. The Hall–Kier alpha value is -1.09. The fourth-order valence-corrected chi connectivity index (χ4v) is 2.57. The number of hydrogen-bond acceptors (Lipinski definition) is 3. The van der Waals surface area contributed by atoms with Gasteiger partial charge in [-0.15, -0.1) is 0 Å². The SMILES string of the molecule is CCC1CCN(c2cc(CN)cc(C)n2)CC1. The summed E-state index contributed by atoms with van der Waals surface area (Å²) in [4.78, 5) is 7.03. The molecule has 94 valence electrons. The molecule has 1 aliphatic rings. The number of aromatic nitrogens is 1. The number of pyridine rings is 1. The average Bonchev–Trinajstić information content (AvgIpc) is 2.38. The van der Waals surface area contributed by atoms with Gasteiger partial charge in [0.05, 0.1) is 0 Å². The number of hydrogen-bond donors (Lipinski definition) is 1. The topological polar surface area (TPSA) is 42.1 Å². The van der Waals surface area contributed by atoms with Crippen molar-refractivity contribution in [3.63, 3.8) is 0 Å². The highest BCUT2D eigenvalue weighted by atomic mass is 15.2. The van der Waals surface area contributed by atoms with Crippen molar-refractivity contribution in [2.45, 2.75) is 39.7 Å². The van der Waals surface area contributed by atoms with Crippen LogP contribution in [-0.4, -0.2) is 18.1 Å². The van der Waals surface area contributed by atoms with Crippen molar-refractivity contribution in [1.82, 2.24) is 4.98 Å². The summed E-state index contributed by atoms with van der Waals surface area (Å²) in [6.45, 7) is 7.21. The fraction of sp³-hybridized carbons (Fsp3) is 0.643. The third kappa shape index (κ3) is 2.97. The van der Waals surface area contributed by atoms with Crippen molar-refractivity contribution in [2.75, 3.05) is 18.0 Å². The van der Waals surface area contributed by atoms with Crippen LogP contribution in [0, 0.1) is 12.8 Å². The van der Waals surface area contributed by atoms with Crippen molar-refractivity contribution in [3.05, 3.63) is 23.4 Å². The largest absolute Gasteiger partial charge is 0.357 e. The average molecular weight is 233 g/mol. The third-order valence-electron chi connectivity index (χ3n) is 3.75. The maximum Gasteiger partial charge on any atom is 0.129 e. The van der Waals surface area contributed by atoms with E-state index in [0.29, 0.717) is 6.54 Å². The van der Waals surface area contributed by atoms with E-state index in [0.717, 1.165) is 30.5 Å². The highest BCUT2D eigenvalue weighted by Gasteiger charge is 2.19. The maximum absolute atomic E-state index is 5.71.